The summed E-state index contributed by atoms with van der Waals surface area (Å²) in [6.45, 7) is 6.02. The van der Waals surface area contributed by atoms with Crippen LogP contribution >= 0.6 is 0 Å². The first-order chi connectivity index (χ1) is 7.70. The van der Waals surface area contributed by atoms with Gasteiger partial charge in [-0.15, -0.1) is 0 Å². The Balaban J connectivity index is 2.19. The summed E-state index contributed by atoms with van der Waals surface area (Å²) in [7, 11) is 0. The van der Waals surface area contributed by atoms with Gasteiger partial charge in [-0.2, -0.15) is 0 Å². The predicted molar refractivity (Wildman–Crippen MR) is 68.0 cm³/mol. The van der Waals surface area contributed by atoms with Gasteiger partial charge in [-0.25, -0.2) is 0 Å². The van der Waals surface area contributed by atoms with Crippen molar-refractivity contribution in [1.82, 2.24) is 0 Å². The molecule has 0 spiro atoms. The zero-order chi connectivity index (χ0) is 11.5. The summed E-state index contributed by atoms with van der Waals surface area (Å²) in [6.07, 6.45) is 3.01. The second kappa shape index (κ2) is 4.88. The van der Waals surface area contributed by atoms with Gasteiger partial charge in [0.15, 0.2) is 0 Å². The molecule has 0 aliphatic carbocycles. The van der Waals surface area contributed by atoms with Gasteiger partial charge in [0, 0.05) is 18.8 Å². The normalized spacial score (nSPS) is 17.1. The van der Waals surface area contributed by atoms with Crippen LogP contribution in [0, 0.1) is 6.92 Å². The molecule has 1 heterocycles. The Kier molecular flexibility index (Phi) is 3.49. The average Bonchev–Trinajstić information content (AvgIpc) is 2.28. The van der Waals surface area contributed by atoms with Crippen LogP contribution < -0.4 is 4.90 Å². The Hall–Kier alpha value is -1.02. The van der Waals surface area contributed by atoms with Crippen molar-refractivity contribution in [2.24, 2.45) is 0 Å². The largest absolute Gasteiger partial charge is 0.391 e. The van der Waals surface area contributed by atoms with Crippen molar-refractivity contribution in [3.05, 3.63) is 29.3 Å². The van der Waals surface area contributed by atoms with Crippen LogP contribution in [0.15, 0.2) is 18.2 Å². The lowest BCUT2D eigenvalue weighted by Crippen LogP contribution is -2.36. The zero-order valence-electron chi connectivity index (χ0n) is 10.2. The number of rotatable bonds is 3. The Morgan fingerprint density at radius 1 is 1.44 bits per heavy atom. The van der Waals surface area contributed by atoms with Gasteiger partial charge in [0.25, 0.3) is 0 Å². The maximum Gasteiger partial charge on any atom is 0.0712 e. The van der Waals surface area contributed by atoms with Crippen LogP contribution in [-0.2, 0) is 6.42 Å². The van der Waals surface area contributed by atoms with Gasteiger partial charge in [0.1, 0.15) is 0 Å². The zero-order valence-corrected chi connectivity index (χ0v) is 10.2. The highest BCUT2D eigenvalue weighted by molar-refractivity contribution is 5.56. The molecule has 0 radical (unpaired) electrons. The molecular weight excluding hydrogens is 198 g/mol. The van der Waals surface area contributed by atoms with E-state index >= 15 is 0 Å². The first-order valence-electron chi connectivity index (χ1n) is 6.23. The number of hydrogen-bond donors (Lipinski definition) is 1. The monoisotopic (exact) mass is 219 g/mol. The Labute approximate surface area is 97.9 Å². The minimum atomic E-state index is -0.202. The predicted octanol–water partition coefficient (Wildman–Crippen LogP) is 2.52. The summed E-state index contributed by atoms with van der Waals surface area (Å²) < 4.78 is 0. The van der Waals surface area contributed by atoms with Gasteiger partial charge in [0.2, 0.25) is 0 Å². The van der Waals surface area contributed by atoms with Gasteiger partial charge >= 0.3 is 0 Å². The molecule has 1 aromatic carbocycles. The molecule has 2 nitrogen and oxygen atoms in total. The molecule has 88 valence electrons. The number of aliphatic hydroxyl groups is 1. The molecule has 1 aliphatic rings. The molecule has 1 aromatic rings. The number of benzene rings is 1. The maximum atomic E-state index is 9.75. The van der Waals surface area contributed by atoms with E-state index in [9.17, 15) is 5.11 Å². The van der Waals surface area contributed by atoms with Crippen LogP contribution in [0.4, 0.5) is 5.69 Å². The third-order valence-electron chi connectivity index (χ3n) is 3.35. The number of fused-ring (bicyclic) bond motifs is 1. The Morgan fingerprint density at radius 3 is 3.00 bits per heavy atom. The number of hydrogen-bond acceptors (Lipinski definition) is 2. The van der Waals surface area contributed by atoms with Crippen LogP contribution in [0.25, 0.3) is 0 Å². The fraction of sp³-hybridized carbons (Fsp3) is 0.571. The van der Waals surface area contributed by atoms with E-state index in [0.29, 0.717) is 0 Å². The molecule has 2 heteroatoms. The van der Waals surface area contributed by atoms with Crippen LogP contribution in [0.5, 0.6) is 0 Å². The topological polar surface area (TPSA) is 23.5 Å². The van der Waals surface area contributed by atoms with E-state index in [1.54, 1.807) is 0 Å². The highest BCUT2D eigenvalue weighted by Crippen LogP contribution is 2.28. The second-order valence-electron chi connectivity index (χ2n) is 4.74. The molecule has 0 saturated heterocycles. The van der Waals surface area contributed by atoms with E-state index in [1.165, 1.54) is 29.7 Å². The Morgan fingerprint density at radius 2 is 2.25 bits per heavy atom. The molecule has 1 N–H and O–H groups in total. The van der Waals surface area contributed by atoms with E-state index in [1.807, 2.05) is 6.92 Å². The lowest BCUT2D eigenvalue weighted by Gasteiger charge is -2.33. The molecule has 0 unspecified atom stereocenters. The molecule has 1 aliphatic heterocycles. The van der Waals surface area contributed by atoms with Gasteiger partial charge in [-0.05, 0) is 37.8 Å². The van der Waals surface area contributed by atoms with E-state index in [4.69, 9.17) is 0 Å². The van der Waals surface area contributed by atoms with E-state index in [0.717, 1.165) is 19.5 Å². The summed E-state index contributed by atoms with van der Waals surface area (Å²) >= 11 is 0. The fourth-order valence-electron chi connectivity index (χ4n) is 2.38. The number of β-amino-alcohol motifs (C(OH)–C–C–N with tert-alkyl or cyclic N) is 1. The molecule has 0 saturated carbocycles. The summed E-state index contributed by atoms with van der Waals surface area (Å²) in [6, 6.07) is 6.64. The highest BCUT2D eigenvalue weighted by Gasteiger charge is 2.18. The van der Waals surface area contributed by atoms with E-state index in [-0.39, 0.29) is 6.10 Å². The summed E-state index contributed by atoms with van der Waals surface area (Å²) in [5.41, 5.74) is 4.09. The lowest BCUT2D eigenvalue weighted by molar-refractivity contribution is 0.175. The van der Waals surface area contributed by atoms with Gasteiger partial charge < -0.3 is 10.0 Å². The second-order valence-corrected chi connectivity index (χ2v) is 4.74. The van der Waals surface area contributed by atoms with Crippen molar-refractivity contribution in [2.45, 2.75) is 39.2 Å². The van der Waals surface area contributed by atoms with Crippen molar-refractivity contribution in [2.75, 3.05) is 18.0 Å². The van der Waals surface area contributed by atoms with Gasteiger partial charge in [-0.1, -0.05) is 24.6 Å². The van der Waals surface area contributed by atoms with Crippen molar-refractivity contribution < 1.29 is 5.11 Å². The van der Waals surface area contributed by atoms with Crippen molar-refractivity contribution in [3.63, 3.8) is 0 Å². The SMILES string of the molecule is CC[C@@H](O)CN1CCCc2cc(C)ccc21. The van der Waals surface area contributed by atoms with E-state index in [2.05, 4.69) is 30.0 Å². The van der Waals surface area contributed by atoms with Crippen LogP contribution in [-0.4, -0.2) is 24.3 Å². The van der Waals surface area contributed by atoms with Crippen molar-refractivity contribution >= 4 is 5.69 Å². The van der Waals surface area contributed by atoms with Crippen LogP contribution in [0.2, 0.25) is 0 Å². The molecule has 1 atom stereocenters. The molecule has 0 bridgehead atoms. The van der Waals surface area contributed by atoms with Crippen LogP contribution in [0.1, 0.15) is 30.9 Å². The number of anilines is 1. The summed E-state index contributed by atoms with van der Waals surface area (Å²) in [5, 5.41) is 9.75. The lowest BCUT2D eigenvalue weighted by atomic mass is 9.99. The molecular formula is C14H21NO. The highest BCUT2D eigenvalue weighted by atomic mass is 16.3. The van der Waals surface area contributed by atoms with Gasteiger partial charge in [0.05, 0.1) is 6.10 Å². The maximum absolute atomic E-state index is 9.75. The number of aliphatic hydroxyl groups excluding tert-OH is 1. The first-order valence-corrected chi connectivity index (χ1v) is 6.23. The Bertz CT molecular complexity index is 362. The molecule has 0 amide bonds. The molecule has 0 fully saturated rings. The third-order valence-corrected chi connectivity index (χ3v) is 3.35. The molecule has 2 rings (SSSR count). The fourth-order valence-corrected chi connectivity index (χ4v) is 2.38. The standard InChI is InChI=1S/C14H21NO/c1-3-13(16)10-15-8-4-5-12-9-11(2)6-7-14(12)15/h6-7,9,13,16H,3-5,8,10H2,1-2H3/t13-/m1/s1. The minimum absolute atomic E-state index is 0.202. The molecule has 16 heavy (non-hydrogen) atoms. The van der Waals surface area contributed by atoms with Crippen molar-refractivity contribution in [1.29, 1.82) is 0 Å². The van der Waals surface area contributed by atoms with Gasteiger partial charge in [-0.3, -0.25) is 0 Å². The average molecular weight is 219 g/mol. The number of nitrogens with zero attached hydrogens (tertiary/aromatic N) is 1. The van der Waals surface area contributed by atoms with Crippen molar-refractivity contribution in [3.8, 4) is 0 Å². The quantitative estimate of drug-likeness (QED) is 0.844. The van der Waals surface area contributed by atoms with Crippen LogP contribution in [0.3, 0.4) is 0 Å². The number of aryl methyl sites for hydroxylation is 2. The summed E-state index contributed by atoms with van der Waals surface area (Å²) in [4.78, 5) is 2.33. The minimum Gasteiger partial charge on any atom is -0.391 e. The third kappa shape index (κ3) is 2.38. The van der Waals surface area contributed by atoms with E-state index < -0.39 is 0 Å². The molecule has 0 aromatic heterocycles. The first kappa shape index (κ1) is 11.5. The smallest absolute Gasteiger partial charge is 0.0712 e. The summed E-state index contributed by atoms with van der Waals surface area (Å²) in [5.74, 6) is 0.